The van der Waals surface area contributed by atoms with Crippen LogP contribution in [0, 0.1) is 53.3 Å². The smallest absolute Gasteiger partial charge is 0.0172 e. The van der Waals surface area contributed by atoms with E-state index in [1.165, 1.54) is 64.2 Å². The summed E-state index contributed by atoms with van der Waals surface area (Å²) >= 11 is 0. The van der Waals surface area contributed by atoms with E-state index in [-0.39, 0.29) is 0 Å². The number of hydrogen-bond acceptors (Lipinski definition) is 0. The Hall–Kier alpha value is -0.520. The number of rotatable bonds is 0. The summed E-state index contributed by atoms with van der Waals surface area (Å²) in [5, 5.41) is 0. The third-order valence-corrected chi connectivity index (χ3v) is 13.0. The molecule has 0 saturated heterocycles. The van der Waals surface area contributed by atoms with Gasteiger partial charge in [0.05, 0.1) is 0 Å². The summed E-state index contributed by atoms with van der Waals surface area (Å²) in [6.45, 7) is 0. The predicted octanol–water partition coefficient (Wildman–Crippen LogP) is 10.0. The molecule has 8 aliphatic carbocycles. The molecule has 0 nitrogen and oxygen atoms in total. The molecular weight excluding hydrogens is 408 g/mol. The van der Waals surface area contributed by atoms with Gasteiger partial charge in [0.15, 0.2) is 0 Å². The Bertz CT molecular complexity index is 799. The fourth-order valence-electron chi connectivity index (χ4n) is 11.6. The Morgan fingerprint density at radius 1 is 0.412 bits per heavy atom. The lowest BCUT2D eigenvalue weighted by atomic mass is 9.57. The second kappa shape index (κ2) is 9.74. The summed E-state index contributed by atoms with van der Waals surface area (Å²) in [7, 11) is 0. The maximum Gasteiger partial charge on any atom is -0.0172 e. The zero-order chi connectivity index (χ0) is 22.5. The van der Waals surface area contributed by atoms with Crippen molar-refractivity contribution in [2.24, 2.45) is 53.3 Å². The van der Waals surface area contributed by atoms with Gasteiger partial charge in [-0.15, -0.1) is 0 Å². The van der Waals surface area contributed by atoms with E-state index in [1.807, 2.05) is 16.7 Å². The first-order valence-corrected chi connectivity index (χ1v) is 16.3. The van der Waals surface area contributed by atoms with E-state index in [9.17, 15) is 0 Å². The molecule has 0 bridgehead atoms. The Kier molecular flexibility index (Phi) is 6.49. The summed E-state index contributed by atoms with van der Waals surface area (Å²) < 4.78 is 0. The maximum atomic E-state index is 2.69. The highest BCUT2D eigenvalue weighted by Gasteiger charge is 2.46. The molecule has 9 unspecified atom stereocenters. The van der Waals surface area contributed by atoms with Gasteiger partial charge in [0.1, 0.15) is 0 Å². The van der Waals surface area contributed by atoms with E-state index in [0.717, 1.165) is 53.3 Å². The van der Waals surface area contributed by atoms with Gasteiger partial charge in [0.2, 0.25) is 0 Å². The third-order valence-electron chi connectivity index (χ3n) is 13.0. The van der Waals surface area contributed by atoms with Crippen LogP contribution in [0.3, 0.4) is 0 Å². The second-order valence-corrected chi connectivity index (χ2v) is 14.2. The van der Waals surface area contributed by atoms with Crippen molar-refractivity contribution >= 4 is 0 Å². The fraction of sp³-hybridized carbons (Fsp3) is 0.882. The molecule has 0 aromatic rings. The van der Waals surface area contributed by atoms with Crippen LogP contribution in [0.25, 0.3) is 0 Å². The molecule has 0 heterocycles. The maximum absolute atomic E-state index is 2.69. The van der Waals surface area contributed by atoms with Gasteiger partial charge in [-0.1, -0.05) is 61.3 Å². The third kappa shape index (κ3) is 4.00. The standard InChI is InChI=1S/2C17H26/c2*1-2-6-14-12(4-1)8-10-17-15-7-3-5-13(15)9-11-16(14)17/h12-15H,1-11H2;8,13-17H,1-7,9-11H2. The Balaban J connectivity index is 0.000000118. The van der Waals surface area contributed by atoms with Crippen LogP contribution in [0.5, 0.6) is 0 Å². The van der Waals surface area contributed by atoms with Crippen LogP contribution in [-0.2, 0) is 0 Å². The highest BCUT2D eigenvalue weighted by atomic mass is 14.5. The molecule has 188 valence electrons. The number of allylic oxidation sites excluding steroid dienone is 4. The van der Waals surface area contributed by atoms with Crippen molar-refractivity contribution in [3.05, 3.63) is 22.8 Å². The fourth-order valence-corrected chi connectivity index (χ4v) is 11.6. The van der Waals surface area contributed by atoms with Crippen LogP contribution < -0.4 is 0 Å². The number of fused-ring (bicyclic) bond motifs is 9. The molecule has 9 atom stereocenters. The molecule has 0 radical (unpaired) electrons. The predicted molar refractivity (Wildman–Crippen MR) is 143 cm³/mol. The largest absolute Gasteiger partial charge is 0.0847 e. The molecule has 34 heavy (non-hydrogen) atoms. The summed E-state index contributed by atoms with van der Waals surface area (Å²) in [4.78, 5) is 0. The van der Waals surface area contributed by atoms with Crippen LogP contribution in [0.2, 0.25) is 0 Å². The van der Waals surface area contributed by atoms with E-state index in [0.29, 0.717) is 0 Å². The molecule has 8 aliphatic rings. The lowest BCUT2D eigenvalue weighted by Gasteiger charge is -2.48. The summed E-state index contributed by atoms with van der Waals surface area (Å²) in [5.74, 6) is 9.81. The highest BCUT2D eigenvalue weighted by Crippen LogP contribution is 2.56. The lowest BCUT2D eigenvalue weighted by molar-refractivity contribution is 0.0637. The molecule has 0 amide bonds. The van der Waals surface area contributed by atoms with Crippen molar-refractivity contribution in [3.63, 3.8) is 0 Å². The van der Waals surface area contributed by atoms with Gasteiger partial charge in [0, 0.05) is 0 Å². The van der Waals surface area contributed by atoms with Crippen molar-refractivity contribution in [2.75, 3.05) is 0 Å². The van der Waals surface area contributed by atoms with Gasteiger partial charge in [-0.25, -0.2) is 0 Å². The minimum Gasteiger partial charge on any atom is -0.0847 e. The van der Waals surface area contributed by atoms with E-state index < -0.39 is 0 Å². The Morgan fingerprint density at radius 2 is 1.06 bits per heavy atom. The minimum absolute atomic E-state index is 1.03. The zero-order valence-electron chi connectivity index (χ0n) is 22.1. The normalized spacial score (nSPS) is 47.1. The first kappa shape index (κ1) is 22.7. The van der Waals surface area contributed by atoms with Crippen molar-refractivity contribution in [3.8, 4) is 0 Å². The molecule has 0 aromatic heterocycles. The van der Waals surface area contributed by atoms with Gasteiger partial charge in [-0.05, 0) is 150 Å². The van der Waals surface area contributed by atoms with E-state index >= 15 is 0 Å². The lowest BCUT2D eigenvalue weighted by Crippen LogP contribution is -2.39. The van der Waals surface area contributed by atoms with Gasteiger partial charge in [-0.3, -0.25) is 0 Å². The molecule has 0 N–H and O–H groups in total. The van der Waals surface area contributed by atoms with Crippen LogP contribution in [0.15, 0.2) is 22.8 Å². The quantitative estimate of drug-likeness (QED) is 0.315. The molecular formula is C34H52. The summed E-state index contributed by atoms with van der Waals surface area (Å²) in [6, 6.07) is 0. The Morgan fingerprint density at radius 3 is 1.91 bits per heavy atom. The topological polar surface area (TPSA) is 0 Å². The van der Waals surface area contributed by atoms with Gasteiger partial charge in [-0.2, -0.15) is 0 Å². The van der Waals surface area contributed by atoms with Gasteiger partial charge < -0.3 is 0 Å². The first-order chi connectivity index (χ1) is 16.9. The van der Waals surface area contributed by atoms with Crippen molar-refractivity contribution in [2.45, 2.75) is 135 Å². The minimum atomic E-state index is 1.03. The molecule has 0 aromatic carbocycles. The average Bonchev–Trinajstić information content (AvgIpc) is 3.58. The van der Waals surface area contributed by atoms with Crippen LogP contribution >= 0.6 is 0 Å². The van der Waals surface area contributed by atoms with Crippen molar-refractivity contribution in [1.82, 2.24) is 0 Å². The van der Waals surface area contributed by atoms with Gasteiger partial charge >= 0.3 is 0 Å². The molecule has 5 saturated carbocycles. The Labute approximate surface area is 210 Å². The van der Waals surface area contributed by atoms with Crippen LogP contribution in [0.1, 0.15) is 135 Å². The molecule has 0 aliphatic heterocycles. The van der Waals surface area contributed by atoms with Crippen LogP contribution in [0.4, 0.5) is 0 Å². The zero-order valence-corrected chi connectivity index (χ0v) is 22.1. The monoisotopic (exact) mass is 460 g/mol. The van der Waals surface area contributed by atoms with Crippen molar-refractivity contribution < 1.29 is 0 Å². The summed E-state index contributed by atoms with van der Waals surface area (Å²) in [6.07, 6.45) is 34.8. The van der Waals surface area contributed by atoms with E-state index in [1.54, 1.807) is 70.6 Å². The first-order valence-electron chi connectivity index (χ1n) is 16.3. The molecule has 8 rings (SSSR count). The number of hydrogen-bond donors (Lipinski definition) is 0. The molecule has 0 heteroatoms. The summed E-state index contributed by atoms with van der Waals surface area (Å²) in [5.41, 5.74) is 5.89. The van der Waals surface area contributed by atoms with E-state index in [2.05, 4.69) is 6.08 Å². The molecule has 0 spiro atoms. The SMILES string of the molecule is C1=C2CCCCC2C2CCC3CCCC3C2C1.C1CCC2C3=C(CCC2C1)C1CCCC1CC3. The highest BCUT2D eigenvalue weighted by molar-refractivity contribution is 5.28. The molecule has 5 fully saturated rings. The van der Waals surface area contributed by atoms with Crippen molar-refractivity contribution in [1.29, 1.82) is 0 Å². The van der Waals surface area contributed by atoms with Crippen LogP contribution in [-0.4, -0.2) is 0 Å². The average molecular weight is 461 g/mol. The van der Waals surface area contributed by atoms with E-state index in [4.69, 9.17) is 0 Å². The second-order valence-electron chi connectivity index (χ2n) is 14.2. The van der Waals surface area contributed by atoms with Gasteiger partial charge in [0.25, 0.3) is 0 Å².